The van der Waals surface area contributed by atoms with Gasteiger partial charge < -0.3 is 0 Å². The summed E-state index contributed by atoms with van der Waals surface area (Å²) >= 11 is 0. The van der Waals surface area contributed by atoms with Crippen molar-refractivity contribution < 1.29 is 0 Å². The first kappa shape index (κ1) is 5.58. The number of hydrogen-bond acceptors (Lipinski definition) is 0. The highest BCUT2D eigenvalue weighted by Crippen LogP contribution is 2.47. The number of rotatable bonds is 2. The first-order valence-electron chi connectivity index (χ1n) is 3.04. The van der Waals surface area contributed by atoms with Crippen molar-refractivity contribution in [3.8, 4) is 0 Å². The van der Waals surface area contributed by atoms with Crippen LogP contribution in [0.1, 0.15) is 26.2 Å². The number of hydrogen-bond donors (Lipinski definition) is 0. The quantitative estimate of drug-likeness (QED) is 0.372. The van der Waals surface area contributed by atoms with Crippen LogP contribution in [-0.4, -0.2) is 12.9 Å². The summed E-state index contributed by atoms with van der Waals surface area (Å²) in [5.74, 6) is 0. The molecule has 0 heterocycles. The van der Waals surface area contributed by atoms with Crippen LogP contribution in [0.4, 0.5) is 0 Å². The zero-order valence-corrected chi connectivity index (χ0v) is 5.35. The normalized spacial score (nSPS) is 21.6. The van der Waals surface area contributed by atoms with Crippen molar-refractivity contribution in [3.05, 3.63) is 0 Å². The lowest BCUT2D eigenvalue weighted by Crippen LogP contribution is -1.93. The lowest BCUT2D eigenvalue weighted by atomic mass is 10.1. The van der Waals surface area contributed by atoms with Gasteiger partial charge in [-0.25, -0.2) is 0 Å². The standard InChI is InChI=1S/C7H12N/c1-7(3-4-7)5-6-8-2/h6H,2-5H2,1H3/q+1. The molecule has 0 aromatic heterocycles. The molecular weight excluding hydrogens is 98.1 g/mol. The van der Waals surface area contributed by atoms with Crippen LogP contribution < -0.4 is 4.67 Å². The van der Waals surface area contributed by atoms with Gasteiger partial charge in [-0.15, -0.1) is 4.67 Å². The van der Waals surface area contributed by atoms with Gasteiger partial charge in [-0.2, -0.15) is 0 Å². The Hall–Kier alpha value is -0.550. The van der Waals surface area contributed by atoms with Gasteiger partial charge in [-0.05, 0) is 18.3 Å². The second kappa shape index (κ2) is 1.75. The maximum Gasteiger partial charge on any atom is 0.268 e. The monoisotopic (exact) mass is 110 g/mol. The van der Waals surface area contributed by atoms with Crippen molar-refractivity contribution in [2.24, 2.45) is 5.41 Å². The summed E-state index contributed by atoms with van der Waals surface area (Å²) in [6, 6.07) is 0. The second-order valence-electron chi connectivity index (χ2n) is 2.88. The van der Waals surface area contributed by atoms with Gasteiger partial charge in [0.2, 0.25) is 0 Å². The minimum atomic E-state index is 0.612. The van der Waals surface area contributed by atoms with E-state index in [1.165, 1.54) is 12.8 Å². The maximum atomic E-state index is 3.69. The third-order valence-electron chi connectivity index (χ3n) is 1.82. The first-order valence-corrected chi connectivity index (χ1v) is 3.04. The van der Waals surface area contributed by atoms with Crippen molar-refractivity contribution in [1.29, 1.82) is 0 Å². The van der Waals surface area contributed by atoms with Crippen LogP contribution in [0.25, 0.3) is 0 Å². The SMILES string of the molecule is C=[N+]=CCC1(C)CC1. The average Bonchev–Trinajstić information content (AvgIpc) is 2.45. The molecule has 0 spiro atoms. The second-order valence-corrected chi connectivity index (χ2v) is 2.88. The summed E-state index contributed by atoms with van der Waals surface area (Å²) in [6.45, 7) is 5.67. The van der Waals surface area contributed by atoms with E-state index in [0.29, 0.717) is 5.41 Å². The maximum absolute atomic E-state index is 3.69. The van der Waals surface area contributed by atoms with E-state index in [2.05, 4.69) is 18.3 Å². The summed E-state index contributed by atoms with van der Waals surface area (Å²) in [7, 11) is 0. The molecule has 8 heavy (non-hydrogen) atoms. The summed E-state index contributed by atoms with van der Waals surface area (Å²) in [5, 5.41) is 0. The fourth-order valence-corrected chi connectivity index (χ4v) is 0.702. The van der Waals surface area contributed by atoms with E-state index in [4.69, 9.17) is 0 Å². The molecule has 44 valence electrons. The Kier molecular flexibility index (Phi) is 1.22. The predicted octanol–water partition coefficient (Wildman–Crippen LogP) is 1.02. The van der Waals surface area contributed by atoms with Gasteiger partial charge in [0.25, 0.3) is 12.9 Å². The zero-order valence-electron chi connectivity index (χ0n) is 5.35. The first-order chi connectivity index (χ1) is 3.77. The molecule has 1 rings (SSSR count). The van der Waals surface area contributed by atoms with Gasteiger partial charge in [0, 0.05) is 6.42 Å². The van der Waals surface area contributed by atoms with E-state index in [-0.39, 0.29) is 0 Å². The smallest absolute Gasteiger partial charge is 0.114 e. The molecule has 0 aliphatic heterocycles. The van der Waals surface area contributed by atoms with Crippen LogP contribution in [-0.2, 0) is 0 Å². The molecule has 0 aromatic carbocycles. The topological polar surface area (TPSA) is 14.1 Å². The Morgan fingerprint density at radius 2 is 2.38 bits per heavy atom. The molecule has 1 aliphatic rings. The molecule has 1 saturated carbocycles. The molecule has 0 unspecified atom stereocenters. The molecule has 0 saturated heterocycles. The molecule has 1 aliphatic carbocycles. The Bertz CT molecular complexity index is 127. The largest absolute Gasteiger partial charge is 0.268 e. The van der Waals surface area contributed by atoms with Crippen LogP contribution >= 0.6 is 0 Å². The van der Waals surface area contributed by atoms with Crippen molar-refractivity contribution in [2.45, 2.75) is 26.2 Å². The van der Waals surface area contributed by atoms with E-state index in [1.54, 1.807) is 0 Å². The van der Waals surface area contributed by atoms with Crippen LogP contribution in [0.5, 0.6) is 0 Å². The van der Waals surface area contributed by atoms with E-state index >= 15 is 0 Å². The van der Waals surface area contributed by atoms with Gasteiger partial charge in [0.1, 0.15) is 0 Å². The van der Waals surface area contributed by atoms with Crippen molar-refractivity contribution in [3.63, 3.8) is 0 Å². The highest BCUT2D eigenvalue weighted by molar-refractivity contribution is 5.59. The fraction of sp³-hybridized carbons (Fsp3) is 0.714. The summed E-state index contributed by atoms with van der Waals surface area (Å²) in [5.41, 5.74) is 0.612. The minimum Gasteiger partial charge on any atom is -0.114 e. The average molecular weight is 110 g/mol. The van der Waals surface area contributed by atoms with Crippen LogP contribution in [0.15, 0.2) is 0 Å². The Morgan fingerprint density at radius 1 is 1.75 bits per heavy atom. The van der Waals surface area contributed by atoms with E-state index in [0.717, 1.165) is 6.42 Å². The number of nitrogens with zero attached hydrogens (tertiary/aromatic N) is 1. The minimum absolute atomic E-state index is 0.612. The molecule has 0 amide bonds. The predicted molar refractivity (Wildman–Crippen MR) is 37.3 cm³/mol. The van der Waals surface area contributed by atoms with Gasteiger partial charge in [-0.1, -0.05) is 6.92 Å². The van der Waals surface area contributed by atoms with Crippen LogP contribution in [0.2, 0.25) is 0 Å². The van der Waals surface area contributed by atoms with Crippen molar-refractivity contribution in [2.75, 3.05) is 0 Å². The van der Waals surface area contributed by atoms with Gasteiger partial charge in [0.05, 0.1) is 0 Å². The Morgan fingerprint density at radius 3 is 2.75 bits per heavy atom. The molecule has 1 nitrogen and oxygen atoms in total. The third kappa shape index (κ3) is 1.21. The van der Waals surface area contributed by atoms with E-state index in [9.17, 15) is 0 Å². The zero-order chi connectivity index (χ0) is 6.04. The van der Waals surface area contributed by atoms with Crippen molar-refractivity contribution in [1.82, 2.24) is 4.67 Å². The lowest BCUT2D eigenvalue weighted by molar-refractivity contribution is 0.609. The van der Waals surface area contributed by atoms with Gasteiger partial charge >= 0.3 is 0 Å². The highest BCUT2D eigenvalue weighted by atomic mass is 14.5. The molecule has 1 fully saturated rings. The Labute approximate surface area is 50.2 Å². The van der Waals surface area contributed by atoms with Crippen LogP contribution in [0, 0.1) is 5.41 Å². The van der Waals surface area contributed by atoms with Crippen LogP contribution in [0.3, 0.4) is 0 Å². The Balaban J connectivity index is 2.29. The van der Waals surface area contributed by atoms with E-state index < -0.39 is 0 Å². The van der Waals surface area contributed by atoms with E-state index in [1.807, 2.05) is 6.21 Å². The van der Waals surface area contributed by atoms with Gasteiger partial charge in [-0.3, -0.25) is 0 Å². The summed E-state index contributed by atoms with van der Waals surface area (Å²) < 4.78 is 3.69. The molecule has 0 bridgehead atoms. The molecular formula is C7H12N+. The summed E-state index contributed by atoms with van der Waals surface area (Å²) in [4.78, 5) is 0. The molecule has 0 aromatic rings. The summed E-state index contributed by atoms with van der Waals surface area (Å²) in [6.07, 6.45) is 5.78. The fourth-order valence-electron chi connectivity index (χ4n) is 0.702. The molecule has 1 heteroatoms. The third-order valence-corrected chi connectivity index (χ3v) is 1.82. The molecule has 0 radical (unpaired) electrons. The molecule has 0 atom stereocenters. The lowest BCUT2D eigenvalue weighted by Gasteiger charge is -1.93. The molecule has 0 N–H and O–H groups in total. The van der Waals surface area contributed by atoms with Crippen molar-refractivity contribution >= 4 is 12.9 Å². The van der Waals surface area contributed by atoms with Gasteiger partial charge in [0.15, 0.2) is 0 Å². The highest BCUT2D eigenvalue weighted by Gasteiger charge is 2.37.